The number of carbonyl (C=O) groups excluding carboxylic acids is 1. The maximum absolute atomic E-state index is 11.8. The minimum Gasteiger partial charge on any atom is -0.497 e. The Bertz CT molecular complexity index is 1000. The van der Waals surface area contributed by atoms with Crippen LogP contribution in [0.5, 0.6) is 11.5 Å². The van der Waals surface area contributed by atoms with Crippen molar-refractivity contribution >= 4 is 16.9 Å². The van der Waals surface area contributed by atoms with Crippen LogP contribution in [0.3, 0.4) is 0 Å². The maximum Gasteiger partial charge on any atom is 0.305 e. The van der Waals surface area contributed by atoms with Gasteiger partial charge in [0.2, 0.25) is 0 Å². The Morgan fingerprint density at radius 3 is 2.71 bits per heavy atom. The molecular weight excluding hydrogens is 354 g/mol. The number of carbonyl (C=O) groups is 1. The summed E-state index contributed by atoms with van der Waals surface area (Å²) in [6.07, 6.45) is 0.932. The third-order valence-electron chi connectivity index (χ3n) is 5.32. The van der Waals surface area contributed by atoms with E-state index in [1.807, 2.05) is 31.2 Å². The highest BCUT2D eigenvalue weighted by Gasteiger charge is 2.27. The van der Waals surface area contributed by atoms with Crippen molar-refractivity contribution in [2.24, 2.45) is 0 Å². The van der Waals surface area contributed by atoms with E-state index in [9.17, 15) is 4.79 Å². The molecule has 0 N–H and O–H groups in total. The number of benzene rings is 2. The van der Waals surface area contributed by atoms with Gasteiger partial charge in [-0.1, -0.05) is 12.1 Å². The average Bonchev–Trinajstić information content (AvgIpc) is 3.00. The van der Waals surface area contributed by atoms with Crippen LogP contribution in [0.15, 0.2) is 42.5 Å². The Morgan fingerprint density at radius 2 is 2.00 bits per heavy atom. The van der Waals surface area contributed by atoms with E-state index in [-0.39, 0.29) is 12.1 Å². The van der Waals surface area contributed by atoms with Crippen molar-refractivity contribution in [1.82, 2.24) is 4.57 Å². The zero-order valence-electron chi connectivity index (χ0n) is 16.5. The summed E-state index contributed by atoms with van der Waals surface area (Å²) < 4.78 is 18.9. The van der Waals surface area contributed by atoms with Crippen LogP contribution in [0.1, 0.15) is 25.3 Å². The van der Waals surface area contributed by atoms with Crippen LogP contribution in [-0.4, -0.2) is 30.4 Å². The molecule has 4 rings (SSSR count). The second kappa shape index (κ2) is 7.58. The summed E-state index contributed by atoms with van der Waals surface area (Å²) in [5, 5.41) is 1.20. The van der Waals surface area contributed by atoms with Gasteiger partial charge in [-0.15, -0.1) is 0 Å². The molecule has 28 heavy (non-hydrogen) atoms. The lowest BCUT2D eigenvalue weighted by molar-refractivity contribution is -0.143. The molecule has 0 bridgehead atoms. The average molecular weight is 379 g/mol. The highest BCUT2D eigenvalue weighted by molar-refractivity contribution is 5.95. The van der Waals surface area contributed by atoms with E-state index >= 15 is 0 Å². The van der Waals surface area contributed by atoms with Crippen molar-refractivity contribution in [2.45, 2.75) is 39.3 Å². The molecule has 1 atom stereocenters. The van der Waals surface area contributed by atoms with E-state index in [2.05, 4.69) is 29.7 Å². The zero-order valence-corrected chi connectivity index (χ0v) is 16.5. The molecule has 3 aromatic rings. The number of nitrogens with zero attached hydrogens (tertiary/aromatic N) is 1. The molecule has 146 valence electrons. The van der Waals surface area contributed by atoms with Gasteiger partial charge in [0.15, 0.2) is 0 Å². The first-order valence-electron chi connectivity index (χ1n) is 9.71. The number of esters is 1. The summed E-state index contributed by atoms with van der Waals surface area (Å²) in [7, 11) is 1.67. The summed E-state index contributed by atoms with van der Waals surface area (Å²) in [5.41, 5.74) is 4.69. The van der Waals surface area contributed by atoms with Gasteiger partial charge in [0.1, 0.15) is 17.6 Å². The summed E-state index contributed by atoms with van der Waals surface area (Å²) in [6.45, 7) is 5.10. The summed E-state index contributed by atoms with van der Waals surface area (Å²) in [6, 6.07) is 14.3. The number of aryl methyl sites for hydroxylation is 1. The number of hydrogen-bond acceptors (Lipinski definition) is 4. The van der Waals surface area contributed by atoms with Crippen molar-refractivity contribution in [2.75, 3.05) is 13.7 Å². The molecule has 5 heteroatoms. The SMILES string of the molecule is CCOC(=O)CCC1Cn2c(-c3ccc(OC)cc3)c(C)c3cccc(c32)O1. The number of aromatic nitrogens is 1. The Balaban J connectivity index is 1.72. The number of ether oxygens (including phenoxy) is 3. The highest BCUT2D eigenvalue weighted by atomic mass is 16.5. The molecule has 0 fully saturated rings. The van der Waals surface area contributed by atoms with E-state index in [0.29, 0.717) is 26.0 Å². The summed E-state index contributed by atoms with van der Waals surface area (Å²) >= 11 is 0. The molecule has 0 saturated carbocycles. The fraction of sp³-hybridized carbons (Fsp3) is 0.348. The van der Waals surface area contributed by atoms with Crippen molar-refractivity contribution < 1.29 is 19.0 Å². The van der Waals surface area contributed by atoms with Gasteiger partial charge < -0.3 is 18.8 Å². The van der Waals surface area contributed by atoms with Gasteiger partial charge in [-0.2, -0.15) is 0 Å². The van der Waals surface area contributed by atoms with Crippen LogP contribution >= 0.6 is 0 Å². The molecule has 0 aliphatic carbocycles. The lowest BCUT2D eigenvalue weighted by Crippen LogP contribution is -2.28. The van der Waals surface area contributed by atoms with E-state index in [1.165, 1.54) is 16.6 Å². The number of rotatable bonds is 6. The minimum atomic E-state index is -0.172. The van der Waals surface area contributed by atoms with Gasteiger partial charge in [0.25, 0.3) is 0 Å². The molecule has 0 amide bonds. The van der Waals surface area contributed by atoms with Crippen LogP contribution in [0, 0.1) is 6.92 Å². The van der Waals surface area contributed by atoms with Crippen molar-refractivity contribution in [3.63, 3.8) is 0 Å². The van der Waals surface area contributed by atoms with Crippen LogP contribution < -0.4 is 9.47 Å². The maximum atomic E-state index is 11.8. The monoisotopic (exact) mass is 379 g/mol. The highest BCUT2D eigenvalue weighted by Crippen LogP contribution is 2.41. The first-order chi connectivity index (χ1) is 13.6. The largest absolute Gasteiger partial charge is 0.497 e. The first kappa shape index (κ1) is 18.4. The van der Waals surface area contributed by atoms with Crippen LogP contribution in [0.25, 0.3) is 22.2 Å². The molecule has 0 radical (unpaired) electrons. The van der Waals surface area contributed by atoms with Crippen molar-refractivity contribution in [3.8, 4) is 22.8 Å². The Hall–Kier alpha value is -2.95. The van der Waals surface area contributed by atoms with E-state index in [1.54, 1.807) is 7.11 Å². The summed E-state index contributed by atoms with van der Waals surface area (Å²) in [5.74, 6) is 1.54. The number of hydrogen-bond donors (Lipinski definition) is 0. The Labute approximate surface area is 164 Å². The Morgan fingerprint density at radius 1 is 1.21 bits per heavy atom. The van der Waals surface area contributed by atoms with Gasteiger partial charge in [0.05, 0.1) is 31.5 Å². The van der Waals surface area contributed by atoms with E-state index in [0.717, 1.165) is 22.6 Å². The molecule has 1 aromatic heterocycles. The smallest absolute Gasteiger partial charge is 0.305 e. The fourth-order valence-corrected chi connectivity index (χ4v) is 4.03. The molecule has 1 unspecified atom stereocenters. The molecule has 1 aliphatic heterocycles. The predicted octanol–water partition coefficient (Wildman–Crippen LogP) is 4.73. The quantitative estimate of drug-likeness (QED) is 0.581. The minimum absolute atomic E-state index is 0.0636. The molecule has 0 spiro atoms. The third-order valence-corrected chi connectivity index (χ3v) is 5.32. The lowest BCUT2D eigenvalue weighted by atomic mass is 10.1. The standard InChI is InChI=1S/C23H25NO4/c1-4-27-21(25)13-12-18-14-24-22(16-8-10-17(26-3)11-9-16)15(2)19-6-5-7-20(28-18)23(19)24/h5-11,18H,4,12-14H2,1-3H3. The third kappa shape index (κ3) is 3.21. The van der Waals surface area contributed by atoms with Crippen molar-refractivity contribution in [3.05, 3.63) is 48.0 Å². The Kier molecular flexibility index (Phi) is 4.99. The lowest BCUT2D eigenvalue weighted by Gasteiger charge is -2.27. The van der Waals surface area contributed by atoms with Gasteiger partial charge in [0, 0.05) is 11.8 Å². The van der Waals surface area contributed by atoms with Crippen LogP contribution in [0.2, 0.25) is 0 Å². The zero-order chi connectivity index (χ0) is 19.7. The van der Waals surface area contributed by atoms with Gasteiger partial charge >= 0.3 is 5.97 Å². The number of para-hydroxylation sites is 1. The molecule has 2 heterocycles. The van der Waals surface area contributed by atoms with Gasteiger partial charge in [-0.25, -0.2) is 0 Å². The second-order valence-electron chi connectivity index (χ2n) is 7.05. The van der Waals surface area contributed by atoms with Gasteiger partial charge in [-0.3, -0.25) is 4.79 Å². The first-order valence-corrected chi connectivity index (χ1v) is 9.71. The van der Waals surface area contributed by atoms with Crippen molar-refractivity contribution in [1.29, 1.82) is 0 Å². The topological polar surface area (TPSA) is 49.7 Å². The van der Waals surface area contributed by atoms with Crippen LogP contribution in [-0.2, 0) is 16.1 Å². The molecular formula is C23H25NO4. The van der Waals surface area contributed by atoms with E-state index in [4.69, 9.17) is 14.2 Å². The predicted molar refractivity (Wildman–Crippen MR) is 109 cm³/mol. The van der Waals surface area contributed by atoms with E-state index < -0.39 is 0 Å². The fourth-order valence-electron chi connectivity index (χ4n) is 4.03. The number of methoxy groups -OCH3 is 1. The van der Waals surface area contributed by atoms with Gasteiger partial charge in [-0.05, 0) is 61.7 Å². The molecule has 0 saturated heterocycles. The second-order valence-corrected chi connectivity index (χ2v) is 7.05. The van der Waals surface area contributed by atoms with Crippen LogP contribution in [0.4, 0.5) is 0 Å². The summed E-state index contributed by atoms with van der Waals surface area (Å²) in [4.78, 5) is 11.8. The molecule has 5 nitrogen and oxygen atoms in total. The molecule has 1 aliphatic rings. The molecule has 2 aromatic carbocycles. The normalized spacial score (nSPS) is 15.3.